The highest BCUT2D eigenvalue weighted by molar-refractivity contribution is 5.48. The summed E-state index contributed by atoms with van der Waals surface area (Å²) in [5.41, 5.74) is 11.4. The van der Waals surface area contributed by atoms with Crippen LogP contribution in [0.1, 0.15) is 68.2 Å². The van der Waals surface area contributed by atoms with E-state index in [2.05, 4.69) is 125 Å². The number of hydrogen-bond donors (Lipinski definition) is 0. The van der Waals surface area contributed by atoms with Crippen LogP contribution >= 0.6 is 0 Å². The zero-order chi connectivity index (χ0) is 23.4. The predicted molar refractivity (Wildman–Crippen MR) is 143 cm³/mol. The molecule has 0 aromatic heterocycles. The van der Waals surface area contributed by atoms with E-state index in [9.17, 15) is 0 Å². The summed E-state index contributed by atoms with van der Waals surface area (Å²) in [6, 6.07) is 37.4. The van der Waals surface area contributed by atoms with Crippen molar-refractivity contribution >= 4 is 0 Å². The Labute approximate surface area is 204 Å². The number of rotatable bonds is 5. The van der Waals surface area contributed by atoms with Crippen LogP contribution in [0.2, 0.25) is 0 Å². The summed E-state index contributed by atoms with van der Waals surface area (Å²) in [6.07, 6.45) is 0. The van der Waals surface area contributed by atoms with E-state index in [1.54, 1.807) is 0 Å². The van der Waals surface area contributed by atoms with E-state index in [0.717, 1.165) is 0 Å². The summed E-state index contributed by atoms with van der Waals surface area (Å²) >= 11 is 0. The van der Waals surface area contributed by atoms with Gasteiger partial charge in [0.25, 0.3) is 0 Å². The number of benzene rings is 4. The van der Waals surface area contributed by atoms with E-state index in [1.807, 2.05) is 0 Å². The molecule has 0 bridgehead atoms. The second-order valence-electron chi connectivity index (χ2n) is 10.9. The third-order valence-corrected chi connectivity index (χ3v) is 8.44. The minimum Gasteiger partial charge on any atom is -0.0590 e. The van der Waals surface area contributed by atoms with Gasteiger partial charge in [0, 0.05) is 0 Å². The molecule has 6 rings (SSSR count). The van der Waals surface area contributed by atoms with Crippen LogP contribution in [-0.4, -0.2) is 0 Å². The second-order valence-corrected chi connectivity index (χ2v) is 10.9. The highest BCUT2D eigenvalue weighted by Gasteiger charge is 2.66. The van der Waals surface area contributed by atoms with E-state index in [0.29, 0.717) is 35.5 Å². The lowest BCUT2D eigenvalue weighted by atomic mass is 10.0. The summed E-state index contributed by atoms with van der Waals surface area (Å²) in [6.45, 7) is 8.75. The Hall–Kier alpha value is -3.12. The molecule has 0 N–H and O–H groups in total. The first kappa shape index (κ1) is 21.4. The molecule has 0 heteroatoms. The molecule has 0 heterocycles. The Balaban J connectivity index is 1.40. The van der Waals surface area contributed by atoms with Crippen LogP contribution in [0.4, 0.5) is 0 Å². The highest BCUT2D eigenvalue weighted by atomic mass is 14.7. The molecule has 2 aliphatic carbocycles. The van der Waals surface area contributed by atoms with Gasteiger partial charge in [-0.25, -0.2) is 0 Å². The fraction of sp³-hybridized carbons (Fsp3) is 0.294. The van der Waals surface area contributed by atoms with Crippen molar-refractivity contribution in [3.05, 3.63) is 142 Å². The first-order valence-corrected chi connectivity index (χ1v) is 12.8. The molecule has 0 aliphatic heterocycles. The predicted octanol–water partition coefficient (Wildman–Crippen LogP) is 8.61. The lowest BCUT2D eigenvalue weighted by Gasteiger charge is -2.02. The highest BCUT2D eigenvalue weighted by Crippen LogP contribution is 2.76. The molecule has 4 aromatic rings. The van der Waals surface area contributed by atoms with Crippen LogP contribution < -0.4 is 0 Å². The summed E-state index contributed by atoms with van der Waals surface area (Å²) < 4.78 is 0. The minimum absolute atomic E-state index is 0.608. The first-order valence-electron chi connectivity index (χ1n) is 12.8. The van der Waals surface area contributed by atoms with E-state index < -0.39 is 0 Å². The smallest absolute Gasteiger partial charge is 0.00526 e. The largest absolute Gasteiger partial charge is 0.0590 e. The van der Waals surface area contributed by atoms with Crippen molar-refractivity contribution in [1.82, 2.24) is 0 Å². The second kappa shape index (κ2) is 8.27. The molecule has 4 atom stereocenters. The van der Waals surface area contributed by atoms with E-state index in [4.69, 9.17) is 0 Å². The van der Waals surface area contributed by atoms with Gasteiger partial charge in [0.2, 0.25) is 0 Å². The molecular formula is C34H34. The standard InChI is InChI=1S/C34H34/c1-21-5-13-25(14-6-21)29-30(26-15-7-22(2)8-16-26)33(29)34-31(27-17-9-23(3)10-18-27)32(34)28-19-11-24(4)12-20-28/h5-20,29-34H,1-4H3/t29-,30-,31+,32+. The fourth-order valence-electron chi connectivity index (χ4n) is 6.50. The van der Waals surface area contributed by atoms with Gasteiger partial charge < -0.3 is 0 Å². The third-order valence-electron chi connectivity index (χ3n) is 8.44. The maximum atomic E-state index is 2.38. The topological polar surface area (TPSA) is 0 Å². The Kier molecular flexibility index (Phi) is 5.21. The van der Waals surface area contributed by atoms with Crippen molar-refractivity contribution in [2.24, 2.45) is 11.8 Å². The van der Waals surface area contributed by atoms with Gasteiger partial charge in [0.15, 0.2) is 0 Å². The van der Waals surface area contributed by atoms with Gasteiger partial charge >= 0.3 is 0 Å². The van der Waals surface area contributed by atoms with Gasteiger partial charge in [0.1, 0.15) is 0 Å². The molecule has 2 fully saturated rings. The van der Waals surface area contributed by atoms with E-state index in [-0.39, 0.29) is 0 Å². The minimum atomic E-state index is 0.608. The van der Waals surface area contributed by atoms with Gasteiger partial charge in [-0.1, -0.05) is 119 Å². The average Bonchev–Trinajstić information content (AvgIpc) is 3.74. The molecule has 0 saturated heterocycles. The summed E-state index contributed by atoms with van der Waals surface area (Å²) in [5.74, 6) is 3.80. The third kappa shape index (κ3) is 3.80. The van der Waals surface area contributed by atoms with Crippen LogP contribution in [0.25, 0.3) is 0 Å². The lowest BCUT2D eigenvalue weighted by Crippen LogP contribution is -1.91. The van der Waals surface area contributed by atoms with Gasteiger partial charge in [0.05, 0.1) is 0 Å². The Morgan fingerprint density at radius 1 is 0.294 bits per heavy atom. The molecule has 0 spiro atoms. The monoisotopic (exact) mass is 442 g/mol. The van der Waals surface area contributed by atoms with Crippen LogP contribution in [0.3, 0.4) is 0 Å². The molecule has 0 unspecified atom stereocenters. The zero-order valence-corrected chi connectivity index (χ0v) is 20.7. The van der Waals surface area contributed by atoms with Gasteiger partial charge in [-0.05, 0) is 85.5 Å². The molecule has 2 aliphatic rings. The molecule has 2 saturated carbocycles. The molecule has 34 heavy (non-hydrogen) atoms. The van der Waals surface area contributed by atoms with Gasteiger partial charge in [-0.3, -0.25) is 0 Å². The normalized spacial score (nSPS) is 27.4. The maximum Gasteiger partial charge on any atom is -0.00526 e. The Bertz CT molecular complexity index is 1070. The van der Waals surface area contributed by atoms with Crippen LogP contribution in [0.5, 0.6) is 0 Å². The molecular weight excluding hydrogens is 408 g/mol. The van der Waals surface area contributed by atoms with Crippen molar-refractivity contribution in [3.8, 4) is 0 Å². The van der Waals surface area contributed by atoms with E-state index in [1.165, 1.54) is 44.5 Å². The SMILES string of the molecule is Cc1ccc([C@@H]2C(C3[C@H](c4ccc(C)cc4)[C@H]3c3ccc(C)cc3)[C@H]2c2ccc(C)cc2)cc1. The van der Waals surface area contributed by atoms with Crippen molar-refractivity contribution in [2.75, 3.05) is 0 Å². The first-order chi connectivity index (χ1) is 16.5. The van der Waals surface area contributed by atoms with Crippen molar-refractivity contribution in [2.45, 2.75) is 51.4 Å². The fourth-order valence-corrected chi connectivity index (χ4v) is 6.50. The van der Waals surface area contributed by atoms with Crippen molar-refractivity contribution in [1.29, 1.82) is 0 Å². The summed E-state index contributed by atoms with van der Waals surface area (Å²) in [7, 11) is 0. The molecule has 4 aromatic carbocycles. The summed E-state index contributed by atoms with van der Waals surface area (Å²) in [4.78, 5) is 0. The average molecular weight is 443 g/mol. The Morgan fingerprint density at radius 3 is 0.647 bits per heavy atom. The lowest BCUT2D eigenvalue weighted by molar-refractivity contribution is 0.638. The van der Waals surface area contributed by atoms with Crippen LogP contribution in [0.15, 0.2) is 97.1 Å². The number of hydrogen-bond acceptors (Lipinski definition) is 0. The maximum absolute atomic E-state index is 2.38. The van der Waals surface area contributed by atoms with Gasteiger partial charge in [-0.2, -0.15) is 0 Å². The van der Waals surface area contributed by atoms with E-state index >= 15 is 0 Å². The number of aryl methyl sites for hydroxylation is 4. The molecule has 0 amide bonds. The van der Waals surface area contributed by atoms with Gasteiger partial charge in [-0.15, -0.1) is 0 Å². The van der Waals surface area contributed by atoms with Crippen molar-refractivity contribution < 1.29 is 0 Å². The van der Waals surface area contributed by atoms with Crippen molar-refractivity contribution in [3.63, 3.8) is 0 Å². The molecule has 0 nitrogen and oxygen atoms in total. The molecule has 170 valence electrons. The van der Waals surface area contributed by atoms with Crippen LogP contribution in [-0.2, 0) is 0 Å². The quantitative estimate of drug-likeness (QED) is 0.290. The van der Waals surface area contributed by atoms with Crippen LogP contribution in [0, 0.1) is 39.5 Å². The summed E-state index contributed by atoms with van der Waals surface area (Å²) in [5, 5.41) is 0. The zero-order valence-electron chi connectivity index (χ0n) is 20.7. The molecule has 0 radical (unpaired) electrons. The Morgan fingerprint density at radius 2 is 0.471 bits per heavy atom.